The smallest absolute Gasteiger partial charge is 0.152 e. The highest BCUT2D eigenvalue weighted by molar-refractivity contribution is 5.78. The van der Waals surface area contributed by atoms with Crippen LogP contribution in [0.4, 0.5) is 4.39 Å². The second-order valence-corrected chi connectivity index (χ2v) is 4.62. The Kier molecular flexibility index (Phi) is 3.79. The van der Waals surface area contributed by atoms with Crippen molar-refractivity contribution in [2.45, 2.75) is 33.7 Å². The molecule has 0 N–H and O–H groups in total. The van der Waals surface area contributed by atoms with Crippen molar-refractivity contribution in [2.75, 3.05) is 0 Å². The van der Waals surface area contributed by atoms with Gasteiger partial charge in [-0.25, -0.2) is 4.39 Å². The van der Waals surface area contributed by atoms with Crippen molar-refractivity contribution in [1.29, 1.82) is 0 Å². The van der Waals surface area contributed by atoms with E-state index < -0.39 is 5.82 Å². The molecule has 0 spiro atoms. The molecule has 1 heterocycles. The van der Waals surface area contributed by atoms with Gasteiger partial charge in [0.05, 0.1) is 11.3 Å². The number of benzene rings is 1. The quantitative estimate of drug-likeness (QED) is 0.788. The second kappa shape index (κ2) is 5.34. The lowest BCUT2D eigenvalue weighted by atomic mass is 10.0. The molecule has 100 valence electrons. The van der Waals surface area contributed by atoms with Gasteiger partial charge >= 0.3 is 0 Å². The van der Waals surface area contributed by atoms with Crippen LogP contribution in [-0.4, -0.2) is 16.1 Å². The van der Waals surface area contributed by atoms with Crippen LogP contribution < -0.4 is 0 Å². The minimum absolute atomic E-state index is 0.0833. The number of nitrogens with zero attached hydrogens (tertiary/aromatic N) is 2. The molecule has 0 unspecified atom stereocenters. The van der Waals surface area contributed by atoms with Gasteiger partial charge in [0, 0.05) is 17.8 Å². The number of carbonyl (C=O) groups is 1. The van der Waals surface area contributed by atoms with Gasteiger partial charge in [0.1, 0.15) is 5.82 Å². The molecule has 0 aliphatic heterocycles. The molecule has 0 radical (unpaired) electrons. The van der Waals surface area contributed by atoms with Crippen LogP contribution in [0.2, 0.25) is 0 Å². The first-order valence-corrected chi connectivity index (χ1v) is 6.37. The molecule has 4 heteroatoms. The molecular weight excluding hydrogens is 243 g/mol. The summed E-state index contributed by atoms with van der Waals surface area (Å²) in [6, 6.07) is 4.67. The minimum Gasteiger partial charge on any atom is -0.298 e. The highest BCUT2D eigenvalue weighted by atomic mass is 19.1. The van der Waals surface area contributed by atoms with Gasteiger partial charge in [-0.2, -0.15) is 5.10 Å². The molecular formula is C15H17FN2O. The molecule has 1 aromatic heterocycles. The summed E-state index contributed by atoms with van der Waals surface area (Å²) in [6.07, 6.45) is 1.53. The van der Waals surface area contributed by atoms with E-state index in [4.69, 9.17) is 0 Å². The lowest BCUT2D eigenvalue weighted by Gasteiger charge is -2.05. The molecule has 0 aliphatic carbocycles. The summed E-state index contributed by atoms with van der Waals surface area (Å²) in [7, 11) is 0. The number of aryl methyl sites for hydroxylation is 2. The van der Waals surface area contributed by atoms with Crippen LogP contribution in [0.3, 0.4) is 0 Å². The van der Waals surface area contributed by atoms with E-state index >= 15 is 0 Å². The SMILES string of the molecule is CCCn1nc(C)c(-c2ccc(C=O)c(F)c2)c1C. The first-order chi connectivity index (χ1) is 9.08. The summed E-state index contributed by atoms with van der Waals surface area (Å²) < 4.78 is 15.6. The Labute approximate surface area is 112 Å². The molecule has 0 bridgehead atoms. The molecule has 0 amide bonds. The van der Waals surface area contributed by atoms with Crippen molar-refractivity contribution in [3.8, 4) is 11.1 Å². The monoisotopic (exact) mass is 260 g/mol. The zero-order valence-corrected chi connectivity index (χ0v) is 11.4. The average Bonchev–Trinajstić information content (AvgIpc) is 2.65. The molecule has 19 heavy (non-hydrogen) atoms. The van der Waals surface area contributed by atoms with Crippen LogP contribution in [0, 0.1) is 19.7 Å². The molecule has 0 aliphatic rings. The first kappa shape index (κ1) is 13.5. The largest absolute Gasteiger partial charge is 0.298 e. The number of aromatic nitrogens is 2. The van der Waals surface area contributed by atoms with E-state index in [1.807, 2.05) is 18.5 Å². The van der Waals surface area contributed by atoms with Crippen LogP contribution in [-0.2, 0) is 6.54 Å². The van der Waals surface area contributed by atoms with Crippen LogP contribution in [0.15, 0.2) is 18.2 Å². The van der Waals surface area contributed by atoms with Gasteiger partial charge in [-0.3, -0.25) is 9.48 Å². The third-order valence-corrected chi connectivity index (χ3v) is 3.23. The predicted octanol–water partition coefficient (Wildman–Crippen LogP) is 3.53. The maximum Gasteiger partial charge on any atom is 0.152 e. The summed E-state index contributed by atoms with van der Waals surface area (Å²) in [5, 5.41) is 4.47. The summed E-state index contributed by atoms with van der Waals surface area (Å²) >= 11 is 0. The second-order valence-electron chi connectivity index (χ2n) is 4.62. The van der Waals surface area contributed by atoms with Gasteiger partial charge in [0.2, 0.25) is 0 Å². The highest BCUT2D eigenvalue weighted by Gasteiger charge is 2.14. The van der Waals surface area contributed by atoms with Crippen molar-refractivity contribution in [3.05, 3.63) is 41.0 Å². The Bertz CT molecular complexity index is 617. The first-order valence-electron chi connectivity index (χ1n) is 6.37. The Morgan fingerprint density at radius 2 is 2.11 bits per heavy atom. The fourth-order valence-electron chi connectivity index (χ4n) is 2.32. The van der Waals surface area contributed by atoms with Crippen molar-refractivity contribution in [1.82, 2.24) is 9.78 Å². The topological polar surface area (TPSA) is 34.9 Å². The molecule has 0 fully saturated rings. The lowest BCUT2D eigenvalue weighted by Crippen LogP contribution is -2.01. The Morgan fingerprint density at radius 1 is 1.37 bits per heavy atom. The molecule has 3 nitrogen and oxygen atoms in total. The van der Waals surface area contributed by atoms with Gasteiger partial charge < -0.3 is 0 Å². The molecule has 0 saturated carbocycles. The van der Waals surface area contributed by atoms with E-state index in [1.54, 1.807) is 6.07 Å². The number of halogens is 1. The van der Waals surface area contributed by atoms with E-state index in [2.05, 4.69) is 12.0 Å². The van der Waals surface area contributed by atoms with Crippen LogP contribution >= 0.6 is 0 Å². The van der Waals surface area contributed by atoms with Crippen molar-refractivity contribution < 1.29 is 9.18 Å². The lowest BCUT2D eigenvalue weighted by molar-refractivity contribution is 0.112. The zero-order chi connectivity index (χ0) is 14.0. The number of aldehydes is 1. The molecule has 2 rings (SSSR count). The Balaban J connectivity index is 2.52. The summed E-state index contributed by atoms with van der Waals surface area (Å²) in [6.45, 7) is 6.84. The highest BCUT2D eigenvalue weighted by Crippen LogP contribution is 2.28. The van der Waals surface area contributed by atoms with Crippen LogP contribution in [0.1, 0.15) is 35.1 Å². The van der Waals surface area contributed by atoms with Crippen molar-refractivity contribution in [3.63, 3.8) is 0 Å². The molecule has 0 saturated heterocycles. The van der Waals surface area contributed by atoms with E-state index in [-0.39, 0.29) is 5.56 Å². The fraction of sp³-hybridized carbons (Fsp3) is 0.333. The zero-order valence-electron chi connectivity index (χ0n) is 11.4. The Hall–Kier alpha value is -1.97. The van der Waals surface area contributed by atoms with Crippen molar-refractivity contribution in [2.24, 2.45) is 0 Å². The molecule has 1 aromatic carbocycles. The third kappa shape index (κ3) is 2.43. The number of carbonyl (C=O) groups excluding carboxylic acids is 1. The van der Waals surface area contributed by atoms with E-state index in [0.717, 1.165) is 35.5 Å². The van der Waals surface area contributed by atoms with Gasteiger partial charge in [0.25, 0.3) is 0 Å². The average molecular weight is 260 g/mol. The standard InChI is InChI=1S/C15H17FN2O/c1-4-7-18-11(3)15(10(2)17-18)12-5-6-13(9-19)14(16)8-12/h5-6,8-9H,4,7H2,1-3H3. The molecule has 2 aromatic rings. The number of rotatable bonds is 4. The number of hydrogen-bond acceptors (Lipinski definition) is 2. The van der Waals surface area contributed by atoms with Crippen LogP contribution in [0.25, 0.3) is 11.1 Å². The molecule has 0 atom stereocenters. The van der Waals surface area contributed by atoms with E-state index in [1.165, 1.54) is 12.1 Å². The third-order valence-electron chi connectivity index (χ3n) is 3.23. The Morgan fingerprint density at radius 3 is 2.68 bits per heavy atom. The van der Waals surface area contributed by atoms with Gasteiger partial charge in [-0.1, -0.05) is 13.0 Å². The van der Waals surface area contributed by atoms with Crippen LogP contribution in [0.5, 0.6) is 0 Å². The minimum atomic E-state index is -0.491. The number of hydrogen-bond donors (Lipinski definition) is 0. The van der Waals surface area contributed by atoms with E-state index in [0.29, 0.717) is 6.29 Å². The summed E-state index contributed by atoms with van der Waals surface area (Å²) in [4.78, 5) is 10.6. The van der Waals surface area contributed by atoms with Gasteiger partial charge in [0.15, 0.2) is 6.29 Å². The summed E-state index contributed by atoms with van der Waals surface area (Å²) in [5.74, 6) is -0.491. The van der Waals surface area contributed by atoms with Gasteiger partial charge in [-0.15, -0.1) is 0 Å². The summed E-state index contributed by atoms with van der Waals surface area (Å²) in [5.41, 5.74) is 3.70. The normalized spacial score (nSPS) is 10.7. The maximum absolute atomic E-state index is 13.7. The maximum atomic E-state index is 13.7. The van der Waals surface area contributed by atoms with Gasteiger partial charge in [-0.05, 0) is 38.0 Å². The van der Waals surface area contributed by atoms with Crippen molar-refractivity contribution >= 4 is 6.29 Å². The fourth-order valence-corrected chi connectivity index (χ4v) is 2.32. The predicted molar refractivity (Wildman–Crippen MR) is 72.8 cm³/mol. The van der Waals surface area contributed by atoms with E-state index in [9.17, 15) is 9.18 Å².